The molecule has 0 bridgehead atoms. The molecule has 0 heterocycles. The minimum atomic E-state index is -2.84. The zero-order valence-corrected chi connectivity index (χ0v) is 15.9. The summed E-state index contributed by atoms with van der Waals surface area (Å²) in [6.45, 7) is 0.155. The predicted molar refractivity (Wildman–Crippen MR) is 95.4 cm³/mol. The number of aliphatic carboxylic acids is 2. The van der Waals surface area contributed by atoms with Gasteiger partial charge in [-0.2, -0.15) is 0 Å². The van der Waals surface area contributed by atoms with Gasteiger partial charge >= 0.3 is 29.8 Å². The molecule has 11 nitrogen and oxygen atoms in total. The van der Waals surface area contributed by atoms with Crippen molar-refractivity contribution in [2.75, 3.05) is 13.2 Å². The molecule has 0 aromatic carbocycles. The smallest absolute Gasteiger partial charge is 0.338 e. The fourth-order valence-electron chi connectivity index (χ4n) is 2.17. The van der Waals surface area contributed by atoms with Gasteiger partial charge in [0.1, 0.15) is 0 Å². The highest BCUT2D eigenvalue weighted by molar-refractivity contribution is 5.97. The molecule has 0 saturated heterocycles. The standard InChI is InChI=1S/C18H26O11/c19-9-5-3-1-2-4-6-10-28-15(23)11-18(27,17(25)26)12-16(24)29-14(22)8-7-13(20)21/h7-8,19,27H,1-6,9-12H2,(H,20,21)(H,25,26)/b8-7-. The van der Waals surface area contributed by atoms with Gasteiger partial charge in [-0.15, -0.1) is 0 Å². The maximum Gasteiger partial charge on any atom is 0.338 e. The van der Waals surface area contributed by atoms with Gasteiger partial charge in [-0.3, -0.25) is 9.59 Å². The molecule has 0 amide bonds. The summed E-state index contributed by atoms with van der Waals surface area (Å²) in [6.07, 6.45) is 3.31. The quantitative estimate of drug-likeness (QED) is 0.123. The first-order chi connectivity index (χ1) is 13.6. The Bertz CT molecular complexity index is 611. The average molecular weight is 418 g/mol. The number of carbonyl (C=O) groups is 5. The van der Waals surface area contributed by atoms with E-state index in [0.29, 0.717) is 18.6 Å². The summed E-state index contributed by atoms with van der Waals surface area (Å²) in [4.78, 5) is 56.0. The van der Waals surface area contributed by atoms with Gasteiger partial charge in [-0.1, -0.05) is 25.7 Å². The molecule has 0 aliphatic rings. The molecule has 0 spiro atoms. The lowest BCUT2D eigenvalue weighted by Gasteiger charge is -2.21. The molecule has 0 aromatic rings. The highest BCUT2D eigenvalue weighted by atomic mass is 16.6. The van der Waals surface area contributed by atoms with E-state index in [-0.39, 0.29) is 13.2 Å². The van der Waals surface area contributed by atoms with Crippen LogP contribution in [0.15, 0.2) is 12.2 Å². The highest BCUT2D eigenvalue weighted by Gasteiger charge is 2.42. The lowest BCUT2D eigenvalue weighted by Crippen LogP contribution is -2.43. The van der Waals surface area contributed by atoms with Crippen molar-refractivity contribution in [2.24, 2.45) is 0 Å². The van der Waals surface area contributed by atoms with E-state index in [2.05, 4.69) is 4.74 Å². The molecule has 0 radical (unpaired) electrons. The molecule has 1 unspecified atom stereocenters. The minimum Gasteiger partial charge on any atom is -0.479 e. The van der Waals surface area contributed by atoms with Gasteiger partial charge in [0.2, 0.25) is 0 Å². The van der Waals surface area contributed by atoms with E-state index in [1.165, 1.54) is 0 Å². The minimum absolute atomic E-state index is 0.0114. The van der Waals surface area contributed by atoms with Crippen molar-refractivity contribution in [3.8, 4) is 0 Å². The molecule has 4 N–H and O–H groups in total. The molecule has 29 heavy (non-hydrogen) atoms. The van der Waals surface area contributed by atoms with Crippen LogP contribution < -0.4 is 0 Å². The van der Waals surface area contributed by atoms with Crippen LogP contribution in [0.2, 0.25) is 0 Å². The normalized spacial score (nSPS) is 12.9. The Balaban J connectivity index is 4.40. The molecular weight excluding hydrogens is 392 g/mol. The number of esters is 3. The third kappa shape index (κ3) is 13.1. The van der Waals surface area contributed by atoms with E-state index in [0.717, 1.165) is 32.1 Å². The van der Waals surface area contributed by atoms with Gasteiger partial charge in [0.25, 0.3) is 0 Å². The number of ether oxygens (including phenoxy) is 2. The molecule has 0 saturated carbocycles. The number of hydrogen-bond donors (Lipinski definition) is 4. The van der Waals surface area contributed by atoms with Crippen LogP contribution in [-0.4, -0.2) is 69.1 Å². The number of carboxylic acids is 2. The molecule has 0 aromatic heterocycles. The number of rotatable bonds is 15. The van der Waals surface area contributed by atoms with Gasteiger partial charge in [-0.25, -0.2) is 14.4 Å². The van der Waals surface area contributed by atoms with E-state index < -0.39 is 48.3 Å². The first-order valence-electron chi connectivity index (χ1n) is 8.98. The molecular formula is C18H26O11. The summed E-state index contributed by atoms with van der Waals surface area (Å²) in [6, 6.07) is 0. The molecule has 0 fully saturated rings. The topological polar surface area (TPSA) is 185 Å². The first-order valence-corrected chi connectivity index (χ1v) is 8.98. The maximum atomic E-state index is 11.7. The molecule has 11 heteroatoms. The number of aliphatic hydroxyl groups is 2. The Kier molecular flexibility index (Phi) is 12.9. The van der Waals surface area contributed by atoms with Crippen LogP contribution >= 0.6 is 0 Å². The van der Waals surface area contributed by atoms with Crippen molar-refractivity contribution < 1.29 is 53.9 Å². The van der Waals surface area contributed by atoms with Crippen LogP contribution in [0.25, 0.3) is 0 Å². The number of aliphatic hydroxyl groups excluding tert-OH is 1. The zero-order valence-electron chi connectivity index (χ0n) is 15.9. The second-order valence-corrected chi connectivity index (χ2v) is 6.22. The van der Waals surface area contributed by atoms with Crippen molar-refractivity contribution >= 4 is 29.8 Å². The Labute approximate surface area is 166 Å². The summed E-state index contributed by atoms with van der Waals surface area (Å²) in [5.74, 6) is -7.22. The van der Waals surface area contributed by atoms with Crippen molar-refractivity contribution in [1.82, 2.24) is 0 Å². The second-order valence-electron chi connectivity index (χ2n) is 6.22. The van der Waals surface area contributed by atoms with Crippen molar-refractivity contribution in [3.05, 3.63) is 12.2 Å². The average Bonchev–Trinajstić information content (AvgIpc) is 2.61. The Morgan fingerprint density at radius 1 is 0.793 bits per heavy atom. The molecule has 0 aliphatic heterocycles. The van der Waals surface area contributed by atoms with Gasteiger partial charge in [0.05, 0.1) is 19.4 Å². The zero-order chi connectivity index (χ0) is 22.3. The van der Waals surface area contributed by atoms with E-state index >= 15 is 0 Å². The van der Waals surface area contributed by atoms with E-state index in [9.17, 15) is 29.1 Å². The molecule has 0 aliphatic carbocycles. The Morgan fingerprint density at radius 3 is 1.90 bits per heavy atom. The largest absolute Gasteiger partial charge is 0.479 e. The Morgan fingerprint density at radius 2 is 1.34 bits per heavy atom. The van der Waals surface area contributed by atoms with Crippen LogP contribution in [0.3, 0.4) is 0 Å². The lowest BCUT2D eigenvalue weighted by molar-refractivity contribution is -0.174. The number of carboxylic acid groups (broad SMARTS) is 2. The van der Waals surface area contributed by atoms with Crippen LogP contribution in [0.1, 0.15) is 51.4 Å². The lowest BCUT2D eigenvalue weighted by atomic mass is 9.96. The Hall–Kier alpha value is -2.79. The van der Waals surface area contributed by atoms with Gasteiger partial charge in [0.15, 0.2) is 5.60 Å². The van der Waals surface area contributed by atoms with Crippen molar-refractivity contribution in [2.45, 2.75) is 57.0 Å². The van der Waals surface area contributed by atoms with Crippen LogP contribution in [0.4, 0.5) is 0 Å². The van der Waals surface area contributed by atoms with Gasteiger partial charge in [-0.05, 0) is 12.8 Å². The third-order valence-electron chi connectivity index (χ3n) is 3.66. The monoisotopic (exact) mass is 418 g/mol. The fraction of sp³-hybridized carbons (Fsp3) is 0.611. The maximum absolute atomic E-state index is 11.7. The molecule has 1 atom stereocenters. The predicted octanol–water partition coefficient (Wildman–Crippen LogP) is 0.169. The van der Waals surface area contributed by atoms with Crippen molar-refractivity contribution in [1.29, 1.82) is 0 Å². The summed E-state index contributed by atoms with van der Waals surface area (Å²) in [5.41, 5.74) is -2.84. The van der Waals surface area contributed by atoms with E-state index in [4.69, 9.17) is 20.1 Å². The summed E-state index contributed by atoms with van der Waals surface area (Å²) in [5, 5.41) is 36.1. The second kappa shape index (κ2) is 14.2. The fourth-order valence-corrected chi connectivity index (χ4v) is 2.17. The SMILES string of the molecule is O=C(O)/C=C\C(=O)OC(=O)CC(O)(CC(=O)OCCCCCCCCO)C(=O)O. The third-order valence-corrected chi connectivity index (χ3v) is 3.66. The van der Waals surface area contributed by atoms with E-state index in [1.807, 2.05) is 0 Å². The first kappa shape index (κ1) is 26.2. The number of carbonyl (C=O) groups excluding carboxylic acids is 3. The summed E-state index contributed by atoms with van der Waals surface area (Å²) in [7, 11) is 0. The summed E-state index contributed by atoms with van der Waals surface area (Å²) < 4.78 is 9.01. The molecule has 164 valence electrons. The number of hydrogen-bond acceptors (Lipinski definition) is 9. The van der Waals surface area contributed by atoms with Gasteiger partial charge < -0.3 is 29.9 Å². The van der Waals surface area contributed by atoms with Crippen LogP contribution in [0, 0.1) is 0 Å². The highest BCUT2D eigenvalue weighted by Crippen LogP contribution is 2.18. The van der Waals surface area contributed by atoms with Crippen molar-refractivity contribution in [3.63, 3.8) is 0 Å². The molecule has 0 rings (SSSR count). The van der Waals surface area contributed by atoms with Crippen LogP contribution in [-0.2, 0) is 33.4 Å². The number of unbranched alkanes of at least 4 members (excludes halogenated alkanes) is 5. The van der Waals surface area contributed by atoms with Crippen LogP contribution in [0.5, 0.6) is 0 Å². The van der Waals surface area contributed by atoms with E-state index in [1.54, 1.807) is 0 Å². The summed E-state index contributed by atoms with van der Waals surface area (Å²) >= 11 is 0. The van der Waals surface area contributed by atoms with Gasteiger partial charge in [0, 0.05) is 18.8 Å².